The number of piperazine rings is 1. The number of fused-ring (bicyclic) bond motifs is 1. The zero-order valence-corrected chi connectivity index (χ0v) is 20.9. The predicted octanol–water partition coefficient (Wildman–Crippen LogP) is 3.42. The van der Waals surface area contributed by atoms with Crippen molar-refractivity contribution in [1.82, 2.24) is 19.8 Å². The number of benzene rings is 2. The molecule has 1 saturated heterocycles. The molecule has 2 aromatic heterocycles. The standard InChI is InChI=1S/C27H25N5O4S/c1-19-18-31(16-17-32(19)27(34)23-8-2-3-14-28-23)26(33)21-10-12-22(13-11-21)30-37(35,36)24-9-4-6-20-7-5-15-29-25(20)24/h2-15,19,30H,16-18H2,1H3/t19-/m1/s1. The Bertz CT molecular complexity index is 1550. The number of nitrogens with one attached hydrogen (secondary N) is 1. The summed E-state index contributed by atoms with van der Waals surface area (Å²) >= 11 is 0. The highest BCUT2D eigenvalue weighted by atomic mass is 32.2. The van der Waals surface area contributed by atoms with Gasteiger partial charge in [-0.25, -0.2) is 8.42 Å². The number of carbonyl (C=O) groups is 2. The summed E-state index contributed by atoms with van der Waals surface area (Å²) in [6, 6.07) is 19.9. The number of nitrogens with zero attached hydrogens (tertiary/aromatic N) is 4. The minimum absolute atomic E-state index is 0.0814. The Morgan fingerprint density at radius 2 is 1.62 bits per heavy atom. The molecule has 1 aliphatic rings. The van der Waals surface area contributed by atoms with Gasteiger partial charge in [0.05, 0.1) is 5.52 Å². The van der Waals surface area contributed by atoms with Crippen molar-refractivity contribution in [2.45, 2.75) is 17.9 Å². The van der Waals surface area contributed by atoms with Gasteiger partial charge in [-0.3, -0.25) is 24.3 Å². The summed E-state index contributed by atoms with van der Waals surface area (Å²) in [5, 5.41) is 0.724. The van der Waals surface area contributed by atoms with Crippen LogP contribution >= 0.6 is 0 Å². The van der Waals surface area contributed by atoms with Crippen LogP contribution in [0.1, 0.15) is 27.8 Å². The molecule has 0 saturated carbocycles. The Morgan fingerprint density at radius 3 is 2.35 bits per heavy atom. The average Bonchev–Trinajstić information content (AvgIpc) is 2.92. The van der Waals surface area contributed by atoms with E-state index in [9.17, 15) is 18.0 Å². The molecule has 1 fully saturated rings. The van der Waals surface area contributed by atoms with Crippen molar-refractivity contribution >= 4 is 38.4 Å². The largest absolute Gasteiger partial charge is 0.335 e. The van der Waals surface area contributed by atoms with E-state index in [0.717, 1.165) is 5.39 Å². The number of carbonyl (C=O) groups excluding carboxylic acids is 2. The first-order valence-electron chi connectivity index (χ1n) is 11.8. The van der Waals surface area contributed by atoms with E-state index in [1.54, 1.807) is 88.9 Å². The maximum Gasteiger partial charge on any atom is 0.272 e. The molecule has 1 aliphatic heterocycles. The maximum absolute atomic E-state index is 13.1. The molecule has 188 valence electrons. The van der Waals surface area contributed by atoms with Crippen molar-refractivity contribution in [2.24, 2.45) is 0 Å². The molecule has 0 radical (unpaired) electrons. The number of anilines is 1. The van der Waals surface area contributed by atoms with Crippen LogP contribution in [-0.4, -0.2) is 65.7 Å². The number of rotatable bonds is 5. The van der Waals surface area contributed by atoms with E-state index in [-0.39, 0.29) is 22.8 Å². The summed E-state index contributed by atoms with van der Waals surface area (Å²) in [6.07, 6.45) is 3.14. The zero-order chi connectivity index (χ0) is 26.0. The molecule has 5 rings (SSSR count). The third-order valence-corrected chi connectivity index (χ3v) is 7.74. The molecule has 1 N–H and O–H groups in total. The smallest absolute Gasteiger partial charge is 0.272 e. The van der Waals surface area contributed by atoms with E-state index in [1.807, 2.05) is 6.92 Å². The molecule has 0 bridgehead atoms. The van der Waals surface area contributed by atoms with E-state index in [2.05, 4.69) is 14.7 Å². The van der Waals surface area contributed by atoms with E-state index in [0.29, 0.717) is 42.1 Å². The number of hydrogen-bond acceptors (Lipinski definition) is 6. The fourth-order valence-corrected chi connectivity index (χ4v) is 5.69. The van der Waals surface area contributed by atoms with Gasteiger partial charge in [0.2, 0.25) is 0 Å². The second-order valence-electron chi connectivity index (χ2n) is 8.83. The minimum Gasteiger partial charge on any atom is -0.335 e. The Balaban J connectivity index is 1.26. The van der Waals surface area contributed by atoms with E-state index in [1.165, 1.54) is 6.07 Å². The summed E-state index contributed by atoms with van der Waals surface area (Å²) in [5.74, 6) is -0.331. The van der Waals surface area contributed by atoms with Gasteiger partial charge in [0.25, 0.3) is 21.8 Å². The lowest BCUT2D eigenvalue weighted by atomic mass is 10.1. The van der Waals surface area contributed by atoms with Crippen molar-refractivity contribution < 1.29 is 18.0 Å². The first-order chi connectivity index (χ1) is 17.8. The maximum atomic E-state index is 13.1. The number of hydrogen-bond donors (Lipinski definition) is 1. The minimum atomic E-state index is -3.89. The van der Waals surface area contributed by atoms with Gasteiger partial charge in [-0.2, -0.15) is 0 Å². The normalized spacial score (nSPS) is 16.0. The van der Waals surface area contributed by atoms with Crippen LogP contribution in [0, 0.1) is 0 Å². The summed E-state index contributed by atoms with van der Waals surface area (Å²) in [5.41, 5.74) is 1.54. The van der Waals surface area contributed by atoms with Crippen molar-refractivity contribution in [3.05, 3.63) is 96.4 Å². The molecule has 10 heteroatoms. The Kier molecular flexibility index (Phi) is 6.58. The summed E-state index contributed by atoms with van der Waals surface area (Å²) in [4.78, 5) is 37.8. The third kappa shape index (κ3) is 5.01. The number of pyridine rings is 2. The SMILES string of the molecule is C[C@@H]1CN(C(=O)c2ccc(NS(=O)(=O)c3cccc4cccnc34)cc2)CCN1C(=O)c1ccccn1. The Morgan fingerprint density at radius 1 is 0.865 bits per heavy atom. The van der Waals surface area contributed by atoms with Gasteiger partial charge in [-0.05, 0) is 55.5 Å². The molecule has 1 atom stereocenters. The van der Waals surface area contributed by atoms with Gasteiger partial charge in [-0.1, -0.05) is 24.3 Å². The highest BCUT2D eigenvalue weighted by Gasteiger charge is 2.31. The molecule has 3 heterocycles. The molecule has 0 aliphatic carbocycles. The van der Waals surface area contributed by atoms with Crippen LogP contribution in [0.15, 0.2) is 90.1 Å². The van der Waals surface area contributed by atoms with Crippen LogP contribution in [0.4, 0.5) is 5.69 Å². The van der Waals surface area contributed by atoms with Crippen LogP contribution in [0.25, 0.3) is 10.9 Å². The monoisotopic (exact) mass is 515 g/mol. The zero-order valence-electron chi connectivity index (χ0n) is 20.1. The lowest BCUT2D eigenvalue weighted by molar-refractivity contribution is 0.0411. The van der Waals surface area contributed by atoms with Crippen molar-refractivity contribution in [3.8, 4) is 0 Å². The first-order valence-corrected chi connectivity index (χ1v) is 13.3. The molecule has 9 nitrogen and oxygen atoms in total. The lowest BCUT2D eigenvalue weighted by Gasteiger charge is -2.39. The molecule has 37 heavy (non-hydrogen) atoms. The Hall–Kier alpha value is -4.31. The van der Waals surface area contributed by atoms with Crippen molar-refractivity contribution in [1.29, 1.82) is 0 Å². The molecule has 0 spiro atoms. The number of amides is 2. The summed E-state index contributed by atoms with van der Waals surface area (Å²) in [7, 11) is -3.89. The molecular formula is C27H25N5O4S. The fourth-order valence-electron chi connectivity index (χ4n) is 4.45. The topological polar surface area (TPSA) is 113 Å². The van der Waals surface area contributed by atoms with Crippen LogP contribution in [-0.2, 0) is 10.0 Å². The van der Waals surface area contributed by atoms with Crippen molar-refractivity contribution in [3.63, 3.8) is 0 Å². The number of aromatic nitrogens is 2. The van der Waals surface area contributed by atoms with Crippen LogP contribution in [0.5, 0.6) is 0 Å². The highest BCUT2D eigenvalue weighted by molar-refractivity contribution is 7.93. The average molecular weight is 516 g/mol. The van der Waals surface area contributed by atoms with Gasteiger partial charge in [0.15, 0.2) is 0 Å². The molecule has 2 aromatic carbocycles. The van der Waals surface area contributed by atoms with E-state index >= 15 is 0 Å². The summed E-state index contributed by atoms with van der Waals surface area (Å²) in [6.45, 7) is 3.09. The van der Waals surface area contributed by atoms with Gasteiger partial charge in [-0.15, -0.1) is 0 Å². The second kappa shape index (κ2) is 9.98. The van der Waals surface area contributed by atoms with Gasteiger partial charge in [0, 0.05) is 54.7 Å². The fraction of sp³-hybridized carbons (Fsp3) is 0.185. The molecular weight excluding hydrogens is 490 g/mol. The third-order valence-electron chi connectivity index (χ3n) is 6.33. The Labute approximate surface area is 214 Å². The van der Waals surface area contributed by atoms with Crippen LogP contribution in [0.2, 0.25) is 0 Å². The lowest BCUT2D eigenvalue weighted by Crippen LogP contribution is -2.55. The van der Waals surface area contributed by atoms with Gasteiger partial charge < -0.3 is 9.80 Å². The number of para-hydroxylation sites is 1. The molecule has 0 unspecified atom stereocenters. The van der Waals surface area contributed by atoms with Crippen LogP contribution in [0.3, 0.4) is 0 Å². The predicted molar refractivity (Wildman–Crippen MR) is 140 cm³/mol. The molecule has 4 aromatic rings. The quantitative estimate of drug-likeness (QED) is 0.436. The summed E-state index contributed by atoms with van der Waals surface area (Å²) < 4.78 is 28.7. The van der Waals surface area contributed by atoms with E-state index < -0.39 is 10.0 Å². The van der Waals surface area contributed by atoms with Crippen LogP contribution < -0.4 is 4.72 Å². The highest BCUT2D eigenvalue weighted by Crippen LogP contribution is 2.24. The first kappa shape index (κ1) is 24.4. The molecule has 2 amide bonds. The second-order valence-corrected chi connectivity index (χ2v) is 10.5. The van der Waals surface area contributed by atoms with Gasteiger partial charge in [0.1, 0.15) is 10.6 Å². The van der Waals surface area contributed by atoms with Gasteiger partial charge >= 0.3 is 0 Å². The number of sulfonamides is 1. The van der Waals surface area contributed by atoms with E-state index in [4.69, 9.17) is 0 Å². The van der Waals surface area contributed by atoms with Crippen molar-refractivity contribution in [2.75, 3.05) is 24.4 Å².